The van der Waals surface area contributed by atoms with E-state index in [9.17, 15) is 0 Å². The number of hydrogen-bond donors (Lipinski definition) is 2. The van der Waals surface area contributed by atoms with Crippen molar-refractivity contribution in [3.63, 3.8) is 0 Å². The minimum absolute atomic E-state index is 0.283. The molecule has 2 N–H and O–H groups in total. The molecule has 0 atom stereocenters. The second-order valence-corrected chi connectivity index (χ2v) is 30.2. The average molecular weight is 1520 g/mol. The summed E-state index contributed by atoms with van der Waals surface area (Å²) in [5.41, 5.74) is 6.18. The molecular weight excluding hydrogens is 1410 g/mol. The van der Waals surface area contributed by atoms with E-state index in [-0.39, 0.29) is 36.6 Å². The van der Waals surface area contributed by atoms with Crippen LogP contribution in [0.1, 0.15) is 158 Å². The van der Waals surface area contributed by atoms with Crippen molar-refractivity contribution in [1.29, 1.82) is 0 Å². The number of alkyl halides is 3. The lowest BCUT2D eigenvalue weighted by Crippen LogP contribution is -2.41. The lowest BCUT2D eigenvalue weighted by molar-refractivity contribution is 0.00578. The summed E-state index contributed by atoms with van der Waals surface area (Å²) in [6, 6.07) is 11.1. The fourth-order valence-electron chi connectivity index (χ4n) is 11.3. The number of pyridine rings is 4. The molecule has 13 heterocycles. The number of piperidine rings is 4. The zero-order valence-electron chi connectivity index (χ0n) is 57.6. The molecule has 0 unspecified atom stereocenters. The van der Waals surface area contributed by atoms with Crippen LogP contribution in [-0.2, 0) is 31.7 Å². The fourth-order valence-corrected chi connectivity index (χ4v) is 12.8. The van der Waals surface area contributed by atoms with E-state index in [1.54, 1.807) is 30.7 Å². The summed E-state index contributed by atoms with van der Waals surface area (Å²) in [7, 11) is -0.616. The minimum atomic E-state index is -0.309. The molecule has 7 aromatic rings. The quantitative estimate of drug-likeness (QED) is 0.0531. The fraction of sp³-hybridized carbons (Fsp3) is 0.638. The van der Waals surface area contributed by atoms with Gasteiger partial charge in [0.25, 0.3) is 0 Å². The number of H-pyrrole nitrogens is 1. The Morgan fingerprint density at radius 1 is 0.484 bits per heavy atom. The second kappa shape index (κ2) is 40.8. The second-order valence-electron chi connectivity index (χ2n) is 27.0. The van der Waals surface area contributed by atoms with E-state index < -0.39 is 0 Å². The summed E-state index contributed by atoms with van der Waals surface area (Å²) in [4.78, 5) is 24.7. The number of aromatic nitrogens is 10. The Balaban J connectivity index is 0.000000166. The van der Waals surface area contributed by atoms with Gasteiger partial charge < -0.3 is 38.6 Å². The van der Waals surface area contributed by atoms with Gasteiger partial charge in [0, 0.05) is 100 Å². The molecule has 6 fully saturated rings. The Hall–Kier alpha value is -3.32. The van der Waals surface area contributed by atoms with Crippen LogP contribution in [0.2, 0.25) is 10.3 Å². The van der Waals surface area contributed by atoms with E-state index in [1.165, 1.54) is 142 Å². The van der Waals surface area contributed by atoms with Crippen molar-refractivity contribution in [2.24, 2.45) is 0 Å². The van der Waals surface area contributed by atoms with Crippen LogP contribution in [-0.4, -0.2) is 190 Å². The minimum Gasteiger partial charge on any atom is -0.399 e. The van der Waals surface area contributed by atoms with Gasteiger partial charge in [-0.1, -0.05) is 64.8 Å². The van der Waals surface area contributed by atoms with Crippen LogP contribution in [0, 0.1) is 0 Å². The van der Waals surface area contributed by atoms with Crippen LogP contribution in [0.3, 0.4) is 0 Å². The highest BCUT2D eigenvalue weighted by molar-refractivity contribution is 9.10. The van der Waals surface area contributed by atoms with Gasteiger partial charge in [-0.3, -0.25) is 24.4 Å². The smallest absolute Gasteiger partial charge is 0.399 e. The van der Waals surface area contributed by atoms with Crippen molar-refractivity contribution in [3.05, 3.63) is 101 Å². The molecule has 0 aliphatic carbocycles. The topological polar surface area (TPSA) is 175 Å². The third kappa shape index (κ3) is 26.6. The molecular formula is C69H104B2Br2Cl4N14O4. The average Bonchev–Trinajstić information content (AvgIpc) is 1.65. The molecule has 0 aromatic carbocycles. The predicted octanol–water partition coefficient (Wildman–Crippen LogP) is 14.7. The third-order valence-corrected chi connectivity index (χ3v) is 20.3. The number of hydrogen-bond acceptors (Lipinski definition) is 15. The molecule has 6 aliphatic rings. The summed E-state index contributed by atoms with van der Waals surface area (Å²) < 4.78 is 28.8. The van der Waals surface area contributed by atoms with Crippen LogP contribution in [0.5, 0.6) is 0 Å². The van der Waals surface area contributed by atoms with E-state index in [1.807, 2.05) is 79.9 Å². The van der Waals surface area contributed by atoms with Crippen molar-refractivity contribution < 1.29 is 18.6 Å². The van der Waals surface area contributed by atoms with Gasteiger partial charge in [0.15, 0.2) is 0 Å². The van der Waals surface area contributed by atoms with Crippen LogP contribution in [0.4, 0.5) is 0 Å². The van der Waals surface area contributed by atoms with E-state index >= 15 is 0 Å². The number of rotatable bonds is 16. The number of fused-ring (bicyclic) bond motifs is 2. The van der Waals surface area contributed by atoms with E-state index in [2.05, 4.69) is 132 Å². The van der Waals surface area contributed by atoms with E-state index in [0.717, 1.165) is 111 Å². The summed E-state index contributed by atoms with van der Waals surface area (Å²) in [6.45, 7) is 32.0. The van der Waals surface area contributed by atoms with Gasteiger partial charge in [0.2, 0.25) is 0 Å². The van der Waals surface area contributed by atoms with Gasteiger partial charge in [-0.2, -0.15) is 15.3 Å². The SMILES string of the molecule is C1CCNCC1.CC1(C)OB(c2cn[nH]c2)OC1(C)C.CC1(C)OB(c2cnn(CCCN3CCCCC3)c2)OC1(C)C.ClCCCBr.ClCCCN1CCCCC1.Clc1ccc2ncc(-c3cnn(CCCN4CCCCC4)c3)cc2n1.Clc1ccc2ncc(Br)cc2n1. The van der Waals surface area contributed by atoms with Crippen LogP contribution < -0.4 is 16.2 Å². The molecule has 6 saturated heterocycles. The summed E-state index contributed by atoms with van der Waals surface area (Å²) in [6.07, 6.45) is 36.2. The number of likely N-dealkylation sites (tertiary alicyclic amines) is 3. The van der Waals surface area contributed by atoms with E-state index in [4.69, 9.17) is 65.0 Å². The number of aryl methyl sites for hydroxylation is 2. The summed E-state index contributed by atoms with van der Waals surface area (Å²) in [5, 5.41) is 20.9. The molecule has 6 aliphatic heterocycles. The Morgan fingerprint density at radius 3 is 1.38 bits per heavy atom. The van der Waals surface area contributed by atoms with Crippen LogP contribution in [0.15, 0.2) is 90.4 Å². The highest BCUT2D eigenvalue weighted by atomic mass is 79.9. The molecule has 0 radical (unpaired) electrons. The van der Waals surface area contributed by atoms with Crippen molar-refractivity contribution in [1.82, 2.24) is 69.7 Å². The Bertz CT molecular complexity index is 3190. The lowest BCUT2D eigenvalue weighted by atomic mass is 9.82. The van der Waals surface area contributed by atoms with Gasteiger partial charge in [-0.25, -0.2) is 9.97 Å². The van der Waals surface area contributed by atoms with Crippen LogP contribution >= 0.6 is 78.3 Å². The number of halogens is 6. The number of nitrogens with zero attached hydrogens (tertiary/aromatic N) is 12. The molecule has 0 spiro atoms. The molecule has 95 heavy (non-hydrogen) atoms. The third-order valence-electron chi connectivity index (χ3n) is 18.3. The first-order valence-electron chi connectivity index (χ1n) is 34.5. The van der Waals surface area contributed by atoms with Gasteiger partial charge in [-0.05, 0) is 257 Å². The normalized spacial score (nSPS) is 19.1. The first-order chi connectivity index (χ1) is 45.7. The number of aromatic amines is 1. The van der Waals surface area contributed by atoms with Crippen LogP contribution in [0.25, 0.3) is 33.2 Å². The Morgan fingerprint density at radius 2 is 0.937 bits per heavy atom. The molecule has 522 valence electrons. The van der Waals surface area contributed by atoms with Gasteiger partial charge in [0.1, 0.15) is 10.3 Å². The van der Waals surface area contributed by atoms with Crippen molar-refractivity contribution in [2.75, 3.05) is 89.1 Å². The highest BCUT2D eigenvalue weighted by Crippen LogP contribution is 2.37. The molecule has 13 rings (SSSR count). The molecule has 0 amide bonds. The van der Waals surface area contributed by atoms with Gasteiger partial charge >= 0.3 is 14.2 Å². The molecule has 0 bridgehead atoms. The monoisotopic (exact) mass is 1510 g/mol. The predicted molar refractivity (Wildman–Crippen MR) is 402 cm³/mol. The Kier molecular flexibility index (Phi) is 33.9. The van der Waals surface area contributed by atoms with Gasteiger partial charge in [0.05, 0.1) is 50.7 Å². The maximum Gasteiger partial charge on any atom is 0.498 e. The number of nitrogens with one attached hydrogen (secondary N) is 2. The maximum absolute atomic E-state index is 6.08. The first-order valence-corrected chi connectivity index (χ1v) is 38.2. The van der Waals surface area contributed by atoms with Crippen molar-refractivity contribution in [2.45, 2.75) is 194 Å². The highest BCUT2D eigenvalue weighted by Gasteiger charge is 2.53. The first kappa shape index (κ1) is 79.0. The summed E-state index contributed by atoms with van der Waals surface area (Å²) in [5.74, 6) is 1.59. The van der Waals surface area contributed by atoms with Crippen molar-refractivity contribution >= 4 is 125 Å². The molecule has 18 nitrogen and oxygen atoms in total. The molecule has 0 saturated carbocycles. The largest absolute Gasteiger partial charge is 0.498 e. The van der Waals surface area contributed by atoms with Crippen molar-refractivity contribution in [3.8, 4) is 11.1 Å². The van der Waals surface area contributed by atoms with E-state index in [0.29, 0.717) is 10.3 Å². The standard InChI is InChI=1S/C19H22ClN5.C17H30BN3O2.C9H15BN2O2.C8H4BrClN2.C8H16ClN.C5H11N.C3H6BrCl/c20-19-6-5-17-18(23-19)11-15(12-21-17)16-13-22-25(14-16)10-4-9-24-7-2-1-3-8-24;1-16(2)17(3,4)23-18(22-16)15-13-19-21(14-15)12-8-11-20-9-6-5-7-10-20;1-8(2)9(3,4)14-10(13-8)7-5-11-12-6-7;9-5-3-7-6(11-4-5)1-2-8(10)12-7;9-5-4-8-10-6-2-1-3-7-10;1-2-4-6-5-3-1;4-2-1-3-5/h5-6,11-14H,1-4,7-10H2;13-14H,5-12H2,1-4H3;5-6H,1-4H3,(H,11,12);1-4H;1-8H2;6H,1-5H2;1-3H2. The molecule has 7 aromatic heterocycles. The lowest BCUT2D eigenvalue weighted by Gasteiger charge is -2.32. The maximum atomic E-state index is 6.08. The summed E-state index contributed by atoms with van der Waals surface area (Å²) >= 11 is 29.1. The zero-order chi connectivity index (χ0) is 68.1. The van der Waals surface area contributed by atoms with Gasteiger partial charge in [-0.15, -0.1) is 23.2 Å². The Labute approximate surface area is 604 Å². The molecule has 26 heteroatoms. The zero-order valence-corrected chi connectivity index (χ0v) is 63.8.